The summed E-state index contributed by atoms with van der Waals surface area (Å²) in [6.45, 7) is 0. The third-order valence-corrected chi connectivity index (χ3v) is 4.17. The lowest BCUT2D eigenvalue weighted by Crippen LogP contribution is -2.63. The van der Waals surface area contributed by atoms with Crippen molar-refractivity contribution >= 4 is 23.4 Å². The molecule has 1 saturated heterocycles. The predicted molar refractivity (Wildman–Crippen MR) is 86.1 cm³/mol. The number of para-hydroxylation sites is 1. The Balaban J connectivity index is 1.84. The molecule has 0 radical (unpaired) electrons. The molecule has 0 aromatic heterocycles. The maximum atomic E-state index is 12.3. The number of amides is 2. The number of ether oxygens (including phenoxy) is 1. The molecule has 0 saturated carbocycles. The topological polar surface area (TPSA) is 58.6 Å². The summed E-state index contributed by atoms with van der Waals surface area (Å²) in [6.07, 6.45) is 0. The van der Waals surface area contributed by atoms with Crippen LogP contribution in [0.25, 0.3) is 0 Å². The van der Waals surface area contributed by atoms with E-state index in [4.69, 9.17) is 16.3 Å². The number of hydrogen-bond acceptors (Lipinski definition) is 3. The minimum absolute atomic E-state index is 0.341. The summed E-state index contributed by atoms with van der Waals surface area (Å²) >= 11 is 6.16. The Bertz CT molecular complexity index is 736. The first-order chi connectivity index (χ1) is 11.1. The van der Waals surface area contributed by atoms with Crippen molar-refractivity contribution < 1.29 is 14.3 Å². The van der Waals surface area contributed by atoms with E-state index < -0.39 is 11.4 Å². The first-order valence-electron chi connectivity index (χ1n) is 7.09. The number of rotatable bonds is 4. The maximum absolute atomic E-state index is 12.3. The summed E-state index contributed by atoms with van der Waals surface area (Å²) in [5, 5.41) is 0.521. The lowest BCUT2D eigenvalue weighted by atomic mass is 9.94. The lowest BCUT2D eigenvalue weighted by molar-refractivity contribution is -0.149. The summed E-state index contributed by atoms with van der Waals surface area (Å²) in [5.74, 6) is -0.0797. The van der Waals surface area contributed by atoms with Gasteiger partial charge in [-0.1, -0.05) is 36.4 Å². The van der Waals surface area contributed by atoms with E-state index in [1.807, 2.05) is 24.3 Å². The summed E-state index contributed by atoms with van der Waals surface area (Å²) in [6, 6.07) is 15.5. The third-order valence-electron chi connectivity index (χ3n) is 3.74. The van der Waals surface area contributed by atoms with E-state index in [-0.39, 0.29) is 11.8 Å². The zero-order valence-corrected chi connectivity index (χ0v) is 13.2. The van der Waals surface area contributed by atoms with Crippen molar-refractivity contribution in [1.82, 2.24) is 10.4 Å². The van der Waals surface area contributed by atoms with Crippen molar-refractivity contribution in [2.45, 2.75) is 11.4 Å². The van der Waals surface area contributed by atoms with Crippen LogP contribution in [0.1, 0.15) is 22.0 Å². The second kappa shape index (κ2) is 6.30. The largest absolute Gasteiger partial charge is 0.496 e. The summed E-state index contributed by atoms with van der Waals surface area (Å²) in [4.78, 5) is 24.3. The van der Waals surface area contributed by atoms with Gasteiger partial charge in [0.15, 0.2) is 0 Å². The highest BCUT2D eigenvalue weighted by molar-refractivity contribution is 6.33. The standard InChI is InChI=1S/C17H15ClN2O3/c1-23-13-10-6-5-9-12(13)15-14(18)17(22)20(15)19-16(21)11-7-3-2-4-8-11/h2-10,14-15H,1H3,(H,19,21). The van der Waals surface area contributed by atoms with E-state index in [0.717, 1.165) is 5.56 Å². The fourth-order valence-electron chi connectivity index (χ4n) is 2.55. The second-order valence-corrected chi connectivity index (χ2v) is 5.57. The van der Waals surface area contributed by atoms with Gasteiger partial charge in [0.25, 0.3) is 11.8 Å². The molecule has 2 aromatic carbocycles. The van der Waals surface area contributed by atoms with Crippen molar-refractivity contribution in [2.75, 3.05) is 7.11 Å². The molecule has 1 fully saturated rings. The van der Waals surface area contributed by atoms with Crippen LogP contribution in [-0.2, 0) is 4.79 Å². The summed E-state index contributed by atoms with van der Waals surface area (Å²) in [5.41, 5.74) is 3.84. The van der Waals surface area contributed by atoms with Crippen LogP contribution >= 0.6 is 11.6 Å². The number of hydrazine groups is 1. The zero-order valence-electron chi connectivity index (χ0n) is 12.4. The fraction of sp³-hybridized carbons (Fsp3) is 0.176. The molecule has 1 N–H and O–H groups in total. The average Bonchev–Trinajstić information content (AvgIpc) is 2.61. The van der Waals surface area contributed by atoms with E-state index in [0.29, 0.717) is 11.3 Å². The molecule has 0 bridgehead atoms. The number of halogens is 1. The molecule has 0 spiro atoms. The van der Waals surface area contributed by atoms with E-state index in [1.54, 1.807) is 37.4 Å². The van der Waals surface area contributed by atoms with Crippen molar-refractivity contribution in [2.24, 2.45) is 0 Å². The van der Waals surface area contributed by atoms with Crippen LogP contribution in [0.15, 0.2) is 54.6 Å². The number of β-lactam (4-membered cyclic amide) rings is 1. The SMILES string of the molecule is COc1ccccc1C1C(Cl)C(=O)N1NC(=O)c1ccccc1. The van der Waals surface area contributed by atoms with Gasteiger partial charge in [0, 0.05) is 11.1 Å². The van der Waals surface area contributed by atoms with Gasteiger partial charge in [-0.15, -0.1) is 11.6 Å². The van der Waals surface area contributed by atoms with E-state index >= 15 is 0 Å². The van der Waals surface area contributed by atoms with Gasteiger partial charge < -0.3 is 4.74 Å². The van der Waals surface area contributed by atoms with Crippen LogP contribution in [-0.4, -0.2) is 29.3 Å². The molecule has 3 rings (SSSR count). The molecule has 1 aliphatic heterocycles. The highest BCUT2D eigenvalue weighted by Crippen LogP contribution is 2.40. The Hall–Kier alpha value is -2.53. The van der Waals surface area contributed by atoms with Crippen LogP contribution in [0.3, 0.4) is 0 Å². The normalized spacial score (nSPS) is 19.9. The van der Waals surface area contributed by atoms with Gasteiger partial charge in [-0.05, 0) is 18.2 Å². The second-order valence-electron chi connectivity index (χ2n) is 5.10. The number of benzene rings is 2. The van der Waals surface area contributed by atoms with Gasteiger partial charge in [0.2, 0.25) is 0 Å². The van der Waals surface area contributed by atoms with Crippen LogP contribution < -0.4 is 10.2 Å². The number of carbonyl (C=O) groups is 2. The molecule has 118 valence electrons. The minimum Gasteiger partial charge on any atom is -0.496 e. The Morgan fingerprint density at radius 3 is 2.48 bits per heavy atom. The van der Waals surface area contributed by atoms with Gasteiger partial charge >= 0.3 is 0 Å². The van der Waals surface area contributed by atoms with Gasteiger partial charge in [-0.2, -0.15) is 0 Å². The molecule has 6 heteroatoms. The molecule has 0 aliphatic carbocycles. The number of hydrogen-bond donors (Lipinski definition) is 1. The van der Waals surface area contributed by atoms with Crippen LogP contribution in [0.2, 0.25) is 0 Å². The van der Waals surface area contributed by atoms with E-state index in [1.165, 1.54) is 5.01 Å². The van der Waals surface area contributed by atoms with E-state index in [2.05, 4.69) is 5.43 Å². The Labute approximate surface area is 138 Å². The lowest BCUT2D eigenvalue weighted by Gasteiger charge is -2.44. The molecule has 2 aromatic rings. The third kappa shape index (κ3) is 2.75. The van der Waals surface area contributed by atoms with Crippen molar-refractivity contribution in [3.63, 3.8) is 0 Å². The van der Waals surface area contributed by atoms with Gasteiger partial charge in [0.1, 0.15) is 17.2 Å². The van der Waals surface area contributed by atoms with Crippen LogP contribution in [0, 0.1) is 0 Å². The average molecular weight is 331 g/mol. The monoisotopic (exact) mass is 330 g/mol. The number of carbonyl (C=O) groups excluding carboxylic acids is 2. The molecule has 2 amide bonds. The van der Waals surface area contributed by atoms with Crippen molar-refractivity contribution in [1.29, 1.82) is 0 Å². The van der Waals surface area contributed by atoms with Crippen molar-refractivity contribution in [3.8, 4) is 5.75 Å². The molecular weight excluding hydrogens is 316 g/mol. The van der Waals surface area contributed by atoms with Gasteiger partial charge in [0.05, 0.1) is 7.11 Å². The highest BCUT2D eigenvalue weighted by Gasteiger charge is 2.49. The number of nitrogens with one attached hydrogen (secondary N) is 1. The maximum Gasteiger partial charge on any atom is 0.269 e. The summed E-state index contributed by atoms with van der Waals surface area (Å²) in [7, 11) is 1.55. The fourth-order valence-corrected chi connectivity index (χ4v) is 2.90. The Kier molecular flexibility index (Phi) is 4.21. The Morgan fingerprint density at radius 1 is 1.13 bits per heavy atom. The Morgan fingerprint density at radius 2 is 1.78 bits per heavy atom. The highest BCUT2D eigenvalue weighted by atomic mass is 35.5. The first-order valence-corrected chi connectivity index (χ1v) is 7.53. The van der Waals surface area contributed by atoms with Crippen LogP contribution in [0.5, 0.6) is 5.75 Å². The van der Waals surface area contributed by atoms with Gasteiger partial charge in [-0.3, -0.25) is 15.0 Å². The molecule has 1 aliphatic rings. The zero-order chi connectivity index (χ0) is 16.4. The molecule has 2 atom stereocenters. The molecule has 23 heavy (non-hydrogen) atoms. The first kappa shape index (κ1) is 15.4. The quantitative estimate of drug-likeness (QED) is 0.692. The van der Waals surface area contributed by atoms with Gasteiger partial charge in [-0.25, -0.2) is 5.01 Å². The predicted octanol–water partition coefficient (Wildman–Crippen LogP) is 2.53. The molecule has 2 unspecified atom stereocenters. The summed E-state index contributed by atoms with van der Waals surface area (Å²) < 4.78 is 5.31. The minimum atomic E-state index is -0.734. The molecule has 1 heterocycles. The number of alkyl halides is 1. The number of nitrogens with zero attached hydrogens (tertiary/aromatic N) is 1. The number of methoxy groups -OCH3 is 1. The van der Waals surface area contributed by atoms with Crippen LogP contribution in [0.4, 0.5) is 0 Å². The van der Waals surface area contributed by atoms with E-state index in [9.17, 15) is 9.59 Å². The smallest absolute Gasteiger partial charge is 0.269 e. The molecular formula is C17H15ClN2O3. The molecule has 5 nitrogen and oxygen atoms in total. The van der Waals surface area contributed by atoms with Crippen molar-refractivity contribution in [3.05, 3.63) is 65.7 Å².